The molecule has 0 heterocycles. The SMILES string of the molecule is CCOC(=O)c1ccc(C(F)F)c(Br)c1. The van der Waals surface area contributed by atoms with Crippen LogP contribution in [0.1, 0.15) is 29.3 Å². The molecule has 0 saturated carbocycles. The Morgan fingerprint density at radius 3 is 2.67 bits per heavy atom. The molecule has 0 unspecified atom stereocenters. The minimum atomic E-state index is -2.56. The molecule has 1 aromatic carbocycles. The monoisotopic (exact) mass is 278 g/mol. The summed E-state index contributed by atoms with van der Waals surface area (Å²) in [5, 5.41) is 0. The molecular formula is C10H9BrF2O2. The minimum absolute atomic E-state index is 0.136. The zero-order valence-corrected chi connectivity index (χ0v) is 9.55. The molecule has 2 nitrogen and oxygen atoms in total. The van der Waals surface area contributed by atoms with E-state index in [9.17, 15) is 13.6 Å². The van der Waals surface area contributed by atoms with Crippen LogP contribution in [0.15, 0.2) is 22.7 Å². The second-order valence-corrected chi connectivity index (χ2v) is 3.61. The first-order valence-corrected chi connectivity index (χ1v) is 5.10. The maximum absolute atomic E-state index is 12.4. The van der Waals surface area contributed by atoms with Gasteiger partial charge in [0.2, 0.25) is 0 Å². The summed E-state index contributed by atoms with van der Waals surface area (Å²) in [5.41, 5.74) is 0.121. The lowest BCUT2D eigenvalue weighted by Crippen LogP contribution is -2.04. The van der Waals surface area contributed by atoms with Gasteiger partial charge >= 0.3 is 5.97 Å². The number of esters is 1. The van der Waals surface area contributed by atoms with Gasteiger partial charge in [-0.15, -0.1) is 0 Å². The lowest BCUT2D eigenvalue weighted by atomic mass is 10.1. The van der Waals surface area contributed by atoms with E-state index < -0.39 is 12.4 Å². The van der Waals surface area contributed by atoms with Crippen LogP contribution in [0.25, 0.3) is 0 Å². The van der Waals surface area contributed by atoms with E-state index in [0.717, 1.165) is 0 Å². The van der Waals surface area contributed by atoms with Crippen LogP contribution >= 0.6 is 15.9 Å². The molecule has 0 bridgehead atoms. The fourth-order valence-electron chi connectivity index (χ4n) is 1.05. The zero-order valence-electron chi connectivity index (χ0n) is 7.97. The normalized spacial score (nSPS) is 10.5. The molecule has 5 heteroatoms. The largest absolute Gasteiger partial charge is 0.462 e. The van der Waals surface area contributed by atoms with Crippen molar-refractivity contribution in [2.24, 2.45) is 0 Å². The summed E-state index contributed by atoms with van der Waals surface area (Å²) < 4.78 is 29.7. The second kappa shape index (κ2) is 5.21. The summed E-state index contributed by atoms with van der Waals surface area (Å²) in [5.74, 6) is -0.515. The van der Waals surface area contributed by atoms with Crippen molar-refractivity contribution in [3.05, 3.63) is 33.8 Å². The Bertz CT molecular complexity index is 366. The lowest BCUT2D eigenvalue weighted by molar-refractivity contribution is 0.0526. The molecule has 0 N–H and O–H groups in total. The van der Waals surface area contributed by atoms with Crippen molar-refractivity contribution in [2.45, 2.75) is 13.3 Å². The highest BCUT2D eigenvalue weighted by Crippen LogP contribution is 2.28. The van der Waals surface area contributed by atoms with E-state index in [4.69, 9.17) is 4.74 Å². The summed E-state index contributed by atoms with van der Waals surface area (Å²) in [7, 11) is 0. The Hall–Kier alpha value is -0.970. The Balaban J connectivity index is 2.96. The predicted octanol–water partition coefficient (Wildman–Crippen LogP) is 3.56. The van der Waals surface area contributed by atoms with Crippen LogP contribution in [0.3, 0.4) is 0 Å². The smallest absolute Gasteiger partial charge is 0.338 e. The van der Waals surface area contributed by atoms with Gasteiger partial charge in [-0.05, 0) is 19.1 Å². The van der Waals surface area contributed by atoms with Gasteiger partial charge in [0.1, 0.15) is 0 Å². The fourth-order valence-corrected chi connectivity index (χ4v) is 1.60. The number of rotatable bonds is 3. The number of benzene rings is 1. The van der Waals surface area contributed by atoms with E-state index in [1.54, 1.807) is 6.92 Å². The molecule has 1 rings (SSSR count). The molecule has 0 aliphatic rings. The third-order valence-electron chi connectivity index (χ3n) is 1.75. The number of carbonyl (C=O) groups excluding carboxylic acids is 1. The summed E-state index contributed by atoms with van der Waals surface area (Å²) in [6.07, 6.45) is -2.56. The van der Waals surface area contributed by atoms with Gasteiger partial charge in [-0.3, -0.25) is 0 Å². The number of alkyl halides is 2. The van der Waals surface area contributed by atoms with Crippen LogP contribution in [0.4, 0.5) is 8.78 Å². The summed E-state index contributed by atoms with van der Waals surface area (Å²) in [4.78, 5) is 11.2. The van der Waals surface area contributed by atoms with Crippen molar-refractivity contribution in [3.63, 3.8) is 0 Å². The highest BCUT2D eigenvalue weighted by Gasteiger charge is 2.14. The highest BCUT2D eigenvalue weighted by molar-refractivity contribution is 9.10. The van der Waals surface area contributed by atoms with Crippen molar-refractivity contribution >= 4 is 21.9 Å². The van der Waals surface area contributed by atoms with Crippen LogP contribution in [-0.2, 0) is 4.74 Å². The van der Waals surface area contributed by atoms with Crippen molar-refractivity contribution in [1.82, 2.24) is 0 Å². The summed E-state index contributed by atoms with van der Waals surface area (Å²) >= 11 is 2.98. The molecule has 0 fully saturated rings. The first-order valence-electron chi connectivity index (χ1n) is 4.31. The van der Waals surface area contributed by atoms with Crippen LogP contribution in [0, 0.1) is 0 Å². The van der Waals surface area contributed by atoms with Gasteiger partial charge in [-0.2, -0.15) is 0 Å². The molecule has 0 aliphatic heterocycles. The van der Waals surface area contributed by atoms with Crippen LogP contribution in [-0.4, -0.2) is 12.6 Å². The molecule has 0 amide bonds. The van der Waals surface area contributed by atoms with Crippen molar-refractivity contribution < 1.29 is 18.3 Å². The topological polar surface area (TPSA) is 26.3 Å². The van der Waals surface area contributed by atoms with E-state index in [0.29, 0.717) is 0 Å². The third kappa shape index (κ3) is 2.99. The van der Waals surface area contributed by atoms with E-state index >= 15 is 0 Å². The summed E-state index contributed by atoms with van der Waals surface area (Å²) in [6, 6.07) is 3.87. The van der Waals surface area contributed by atoms with E-state index in [1.165, 1.54) is 18.2 Å². The third-order valence-corrected chi connectivity index (χ3v) is 2.43. The first-order chi connectivity index (χ1) is 7.06. The number of halogens is 3. The fraction of sp³-hybridized carbons (Fsp3) is 0.300. The van der Waals surface area contributed by atoms with Gasteiger partial charge < -0.3 is 4.74 Å². The standard InChI is InChI=1S/C10H9BrF2O2/c1-2-15-10(14)6-3-4-7(9(12)13)8(11)5-6/h3-5,9H,2H2,1H3. The van der Waals surface area contributed by atoms with Gasteiger partial charge in [0.05, 0.1) is 12.2 Å². The van der Waals surface area contributed by atoms with Gasteiger partial charge in [-0.25, -0.2) is 13.6 Å². The molecule has 1 aromatic rings. The van der Waals surface area contributed by atoms with Crippen LogP contribution < -0.4 is 0 Å². The van der Waals surface area contributed by atoms with Crippen molar-refractivity contribution in [1.29, 1.82) is 0 Å². The Labute approximate surface area is 94.4 Å². The van der Waals surface area contributed by atoms with Crippen molar-refractivity contribution in [3.8, 4) is 0 Å². The van der Waals surface area contributed by atoms with Gasteiger partial charge in [0, 0.05) is 10.0 Å². The molecule has 0 saturated heterocycles. The number of hydrogen-bond acceptors (Lipinski definition) is 2. The highest BCUT2D eigenvalue weighted by atomic mass is 79.9. The molecule has 15 heavy (non-hydrogen) atoms. The molecule has 0 radical (unpaired) electrons. The summed E-state index contributed by atoms with van der Waals surface area (Å²) in [6.45, 7) is 1.94. The quantitative estimate of drug-likeness (QED) is 0.791. The van der Waals surface area contributed by atoms with E-state index in [-0.39, 0.29) is 22.2 Å². The molecule has 0 aliphatic carbocycles. The van der Waals surface area contributed by atoms with E-state index in [2.05, 4.69) is 15.9 Å². The van der Waals surface area contributed by atoms with E-state index in [1.807, 2.05) is 0 Å². The average Bonchev–Trinajstić information content (AvgIpc) is 2.17. The van der Waals surface area contributed by atoms with Gasteiger partial charge in [0.15, 0.2) is 0 Å². The number of hydrogen-bond donors (Lipinski definition) is 0. The van der Waals surface area contributed by atoms with Gasteiger partial charge in [-0.1, -0.05) is 22.0 Å². The molecule has 0 atom stereocenters. The maximum atomic E-state index is 12.4. The maximum Gasteiger partial charge on any atom is 0.338 e. The number of carbonyl (C=O) groups is 1. The lowest BCUT2D eigenvalue weighted by Gasteiger charge is -2.06. The zero-order chi connectivity index (χ0) is 11.4. The molecular weight excluding hydrogens is 270 g/mol. The van der Waals surface area contributed by atoms with Gasteiger partial charge in [0.25, 0.3) is 6.43 Å². The first kappa shape index (κ1) is 12.1. The minimum Gasteiger partial charge on any atom is -0.462 e. The predicted molar refractivity (Wildman–Crippen MR) is 55.1 cm³/mol. The molecule has 0 aromatic heterocycles. The Kier molecular flexibility index (Phi) is 4.20. The van der Waals surface area contributed by atoms with Crippen molar-refractivity contribution in [2.75, 3.05) is 6.61 Å². The number of ether oxygens (including phenoxy) is 1. The molecule has 0 spiro atoms. The Morgan fingerprint density at radius 2 is 2.20 bits per heavy atom. The Morgan fingerprint density at radius 1 is 1.53 bits per heavy atom. The molecule has 82 valence electrons. The second-order valence-electron chi connectivity index (χ2n) is 2.76. The van der Waals surface area contributed by atoms with Crippen LogP contribution in [0.2, 0.25) is 0 Å². The average molecular weight is 279 g/mol. The van der Waals surface area contributed by atoms with Crippen LogP contribution in [0.5, 0.6) is 0 Å².